The first kappa shape index (κ1) is 14.2. The van der Waals surface area contributed by atoms with Crippen LogP contribution in [0, 0.1) is 11.3 Å². The lowest BCUT2D eigenvalue weighted by Crippen LogP contribution is -2.24. The van der Waals surface area contributed by atoms with Crippen molar-refractivity contribution in [3.63, 3.8) is 0 Å². The number of hydrogen-bond acceptors (Lipinski definition) is 2. The molecule has 2 rings (SSSR count). The molecule has 0 saturated carbocycles. The summed E-state index contributed by atoms with van der Waals surface area (Å²) in [6, 6.07) is 17.9. The molecule has 3 heteroatoms. The van der Waals surface area contributed by atoms with Crippen LogP contribution in [0.15, 0.2) is 54.6 Å². The summed E-state index contributed by atoms with van der Waals surface area (Å²) in [7, 11) is 0. The molecule has 0 aliphatic heterocycles. The minimum Gasteiger partial charge on any atom is -0.368 e. The molecule has 0 saturated heterocycles. The smallest absolute Gasteiger partial charge is 0.202 e. The molecule has 0 aliphatic rings. The maximum atomic E-state index is 12.1. The number of benzene rings is 2. The monoisotopic (exact) mass is 269 g/mol. The maximum Gasteiger partial charge on any atom is 0.202 e. The van der Waals surface area contributed by atoms with E-state index in [1.165, 1.54) is 0 Å². The Morgan fingerprint density at radius 2 is 1.60 bits per heavy atom. The fourth-order valence-corrected chi connectivity index (χ4v) is 2.16. The van der Waals surface area contributed by atoms with Crippen LogP contribution in [0.3, 0.4) is 0 Å². The molecule has 1 unspecified atom stereocenters. The van der Waals surface area contributed by atoms with Crippen molar-refractivity contribution in [1.29, 1.82) is 5.26 Å². The SMILES string of the molecule is N#CC(O)(c1ccccc1)c1ccc(CCCF)cc1. The van der Waals surface area contributed by atoms with E-state index in [2.05, 4.69) is 0 Å². The number of aryl methyl sites for hydroxylation is 1. The summed E-state index contributed by atoms with van der Waals surface area (Å²) in [6.07, 6.45) is 1.15. The van der Waals surface area contributed by atoms with E-state index < -0.39 is 5.60 Å². The highest BCUT2D eigenvalue weighted by Gasteiger charge is 2.31. The number of nitriles is 1. The van der Waals surface area contributed by atoms with Gasteiger partial charge < -0.3 is 5.11 Å². The van der Waals surface area contributed by atoms with Gasteiger partial charge in [0.15, 0.2) is 0 Å². The minimum absolute atomic E-state index is 0.339. The molecule has 0 fully saturated rings. The second-order valence-corrected chi connectivity index (χ2v) is 4.68. The van der Waals surface area contributed by atoms with Crippen LogP contribution in [-0.4, -0.2) is 11.8 Å². The lowest BCUT2D eigenvalue weighted by atomic mass is 9.87. The van der Waals surface area contributed by atoms with Crippen molar-refractivity contribution in [1.82, 2.24) is 0 Å². The van der Waals surface area contributed by atoms with Crippen LogP contribution in [-0.2, 0) is 12.0 Å². The number of nitrogens with zero attached hydrogens (tertiary/aromatic N) is 1. The predicted molar refractivity (Wildman–Crippen MR) is 75.8 cm³/mol. The third kappa shape index (κ3) is 2.87. The van der Waals surface area contributed by atoms with Crippen LogP contribution < -0.4 is 0 Å². The number of rotatable bonds is 5. The predicted octanol–water partition coefficient (Wildman–Crippen LogP) is 3.35. The molecule has 0 bridgehead atoms. The molecule has 20 heavy (non-hydrogen) atoms. The topological polar surface area (TPSA) is 44.0 Å². The lowest BCUT2D eigenvalue weighted by molar-refractivity contribution is 0.142. The third-order valence-electron chi connectivity index (χ3n) is 3.32. The van der Waals surface area contributed by atoms with E-state index in [-0.39, 0.29) is 6.67 Å². The molecule has 1 N–H and O–H groups in total. The minimum atomic E-state index is -1.65. The fourth-order valence-electron chi connectivity index (χ4n) is 2.16. The molecule has 0 radical (unpaired) electrons. The highest BCUT2D eigenvalue weighted by Crippen LogP contribution is 2.29. The van der Waals surface area contributed by atoms with E-state index in [1.54, 1.807) is 36.4 Å². The summed E-state index contributed by atoms with van der Waals surface area (Å²) in [6.45, 7) is -0.339. The van der Waals surface area contributed by atoms with Gasteiger partial charge in [-0.1, -0.05) is 54.6 Å². The van der Waals surface area contributed by atoms with Crippen molar-refractivity contribution in [3.05, 3.63) is 71.3 Å². The van der Waals surface area contributed by atoms with E-state index in [4.69, 9.17) is 0 Å². The Morgan fingerprint density at radius 1 is 1.00 bits per heavy atom. The highest BCUT2D eigenvalue weighted by atomic mass is 19.1. The van der Waals surface area contributed by atoms with Crippen LogP contribution in [0.1, 0.15) is 23.1 Å². The Labute approximate surface area is 118 Å². The summed E-state index contributed by atoms with van der Waals surface area (Å²) < 4.78 is 12.1. The van der Waals surface area contributed by atoms with Gasteiger partial charge in [-0.15, -0.1) is 0 Å². The second kappa shape index (κ2) is 6.31. The van der Waals surface area contributed by atoms with E-state index in [9.17, 15) is 14.8 Å². The van der Waals surface area contributed by atoms with Crippen molar-refractivity contribution >= 4 is 0 Å². The molecule has 0 amide bonds. The standard InChI is InChI=1S/C17H16FNO/c18-12-4-5-14-8-10-16(11-9-14)17(20,13-19)15-6-2-1-3-7-15/h1-3,6-11,20H,4-5,12H2. The van der Waals surface area contributed by atoms with Gasteiger partial charge in [0.05, 0.1) is 6.67 Å². The van der Waals surface area contributed by atoms with Gasteiger partial charge in [-0.25, -0.2) is 0 Å². The van der Waals surface area contributed by atoms with Crippen LogP contribution in [0.5, 0.6) is 0 Å². The van der Waals surface area contributed by atoms with Gasteiger partial charge in [-0.05, 0) is 18.4 Å². The normalized spacial score (nSPS) is 13.4. The van der Waals surface area contributed by atoms with E-state index in [0.717, 1.165) is 5.56 Å². The molecular formula is C17H16FNO. The van der Waals surface area contributed by atoms with Crippen LogP contribution >= 0.6 is 0 Å². The maximum absolute atomic E-state index is 12.1. The number of alkyl halides is 1. The van der Waals surface area contributed by atoms with Gasteiger partial charge in [0.2, 0.25) is 5.60 Å². The van der Waals surface area contributed by atoms with Gasteiger partial charge in [0, 0.05) is 11.1 Å². The molecule has 102 valence electrons. The molecular weight excluding hydrogens is 253 g/mol. The first-order chi connectivity index (χ1) is 9.70. The average molecular weight is 269 g/mol. The van der Waals surface area contributed by atoms with Gasteiger partial charge in [0.25, 0.3) is 0 Å². The molecule has 0 aromatic heterocycles. The molecule has 0 heterocycles. The van der Waals surface area contributed by atoms with Crippen LogP contribution in [0.4, 0.5) is 4.39 Å². The van der Waals surface area contributed by atoms with Gasteiger partial charge in [0.1, 0.15) is 6.07 Å². The zero-order valence-electron chi connectivity index (χ0n) is 11.1. The first-order valence-electron chi connectivity index (χ1n) is 6.55. The molecule has 0 aliphatic carbocycles. The van der Waals surface area contributed by atoms with Gasteiger partial charge in [-0.3, -0.25) is 4.39 Å². The molecule has 0 spiro atoms. The first-order valence-corrected chi connectivity index (χ1v) is 6.55. The lowest BCUT2D eigenvalue weighted by Gasteiger charge is -2.21. The van der Waals surface area contributed by atoms with E-state index >= 15 is 0 Å². The summed E-state index contributed by atoms with van der Waals surface area (Å²) in [5.41, 5.74) is 0.411. The summed E-state index contributed by atoms with van der Waals surface area (Å²) >= 11 is 0. The largest absolute Gasteiger partial charge is 0.368 e. The van der Waals surface area contributed by atoms with E-state index in [0.29, 0.717) is 24.0 Å². The van der Waals surface area contributed by atoms with Crippen molar-refractivity contribution in [2.45, 2.75) is 18.4 Å². The average Bonchev–Trinajstić information content (AvgIpc) is 2.53. The van der Waals surface area contributed by atoms with Gasteiger partial charge in [-0.2, -0.15) is 5.26 Å². The quantitative estimate of drug-likeness (QED) is 0.846. The van der Waals surface area contributed by atoms with Crippen molar-refractivity contribution in [2.75, 3.05) is 6.67 Å². The summed E-state index contributed by atoms with van der Waals surface area (Å²) in [5.74, 6) is 0. The Kier molecular flexibility index (Phi) is 4.49. The van der Waals surface area contributed by atoms with Crippen molar-refractivity contribution in [2.24, 2.45) is 0 Å². The molecule has 2 nitrogen and oxygen atoms in total. The van der Waals surface area contributed by atoms with Crippen LogP contribution in [0.25, 0.3) is 0 Å². The van der Waals surface area contributed by atoms with Crippen LogP contribution in [0.2, 0.25) is 0 Å². The van der Waals surface area contributed by atoms with Crippen molar-refractivity contribution < 1.29 is 9.50 Å². The number of hydrogen-bond donors (Lipinski definition) is 1. The Morgan fingerprint density at radius 3 is 2.15 bits per heavy atom. The summed E-state index contributed by atoms with van der Waals surface area (Å²) in [5, 5.41) is 20.0. The second-order valence-electron chi connectivity index (χ2n) is 4.68. The zero-order valence-corrected chi connectivity index (χ0v) is 11.1. The molecule has 2 aromatic carbocycles. The Balaban J connectivity index is 2.31. The Bertz CT molecular complexity index is 589. The van der Waals surface area contributed by atoms with E-state index in [1.807, 2.05) is 24.3 Å². The van der Waals surface area contributed by atoms with Gasteiger partial charge >= 0.3 is 0 Å². The Hall–Kier alpha value is -2.18. The summed E-state index contributed by atoms with van der Waals surface area (Å²) in [4.78, 5) is 0. The number of halogens is 1. The fraction of sp³-hybridized carbons (Fsp3) is 0.235. The molecule has 1 atom stereocenters. The zero-order chi connectivity index (χ0) is 14.4. The molecule has 2 aromatic rings. The van der Waals surface area contributed by atoms with Crippen molar-refractivity contribution in [3.8, 4) is 6.07 Å². The third-order valence-corrected chi connectivity index (χ3v) is 3.32. The number of aliphatic hydroxyl groups is 1. The highest BCUT2D eigenvalue weighted by molar-refractivity contribution is 5.42.